The summed E-state index contributed by atoms with van der Waals surface area (Å²) >= 11 is 0. The first-order valence-corrected chi connectivity index (χ1v) is 8.80. The first-order valence-electron chi connectivity index (χ1n) is 8.80. The van der Waals surface area contributed by atoms with E-state index in [9.17, 15) is 9.59 Å². The van der Waals surface area contributed by atoms with Crippen molar-refractivity contribution in [3.8, 4) is 5.75 Å². The molecule has 2 aromatic rings. The fraction of sp³-hybridized carbons (Fsp3) is 0.333. The van der Waals surface area contributed by atoms with Gasteiger partial charge in [-0.3, -0.25) is 9.59 Å². The van der Waals surface area contributed by atoms with Gasteiger partial charge in [0.25, 0.3) is 0 Å². The summed E-state index contributed by atoms with van der Waals surface area (Å²) in [6.07, 6.45) is 1.09. The third-order valence-electron chi connectivity index (χ3n) is 4.25. The molecular formula is C21H26N2O3. The number of nitrogens with zero attached hydrogens (tertiary/aromatic N) is 1. The number of para-hydroxylation sites is 1. The van der Waals surface area contributed by atoms with Crippen LogP contribution >= 0.6 is 0 Å². The number of hydrogen-bond acceptors (Lipinski definition) is 3. The molecule has 0 aliphatic heterocycles. The number of rotatable bonds is 8. The number of nitrogens with one attached hydrogen (secondary N) is 1. The molecule has 0 unspecified atom stereocenters. The number of methoxy groups -OCH3 is 1. The maximum atomic E-state index is 12.2. The van der Waals surface area contributed by atoms with Crippen LogP contribution in [0.5, 0.6) is 5.75 Å². The molecule has 0 atom stereocenters. The Morgan fingerprint density at radius 3 is 2.38 bits per heavy atom. The largest absolute Gasteiger partial charge is 0.497 e. The monoisotopic (exact) mass is 354 g/mol. The van der Waals surface area contributed by atoms with Gasteiger partial charge in [0.05, 0.1) is 7.11 Å². The molecule has 5 nitrogen and oxygen atoms in total. The van der Waals surface area contributed by atoms with Gasteiger partial charge in [0.2, 0.25) is 11.8 Å². The van der Waals surface area contributed by atoms with Crippen LogP contribution in [0.3, 0.4) is 0 Å². The number of ether oxygens (including phenoxy) is 1. The number of benzene rings is 2. The molecule has 26 heavy (non-hydrogen) atoms. The predicted molar refractivity (Wildman–Crippen MR) is 103 cm³/mol. The Morgan fingerprint density at radius 2 is 1.77 bits per heavy atom. The lowest BCUT2D eigenvalue weighted by molar-refractivity contribution is -0.121. The van der Waals surface area contributed by atoms with Crippen molar-refractivity contribution in [3.05, 3.63) is 59.7 Å². The highest BCUT2D eigenvalue weighted by Gasteiger charge is 2.15. The van der Waals surface area contributed by atoms with Crippen molar-refractivity contribution in [1.29, 1.82) is 0 Å². The minimum absolute atomic E-state index is 0.0612. The number of carbonyl (C=O) groups is 2. The minimum Gasteiger partial charge on any atom is -0.497 e. The van der Waals surface area contributed by atoms with E-state index in [0.29, 0.717) is 13.1 Å². The van der Waals surface area contributed by atoms with Crippen molar-refractivity contribution < 1.29 is 14.3 Å². The predicted octanol–water partition coefficient (Wildman–Crippen LogP) is 3.32. The van der Waals surface area contributed by atoms with E-state index in [4.69, 9.17) is 4.74 Å². The van der Waals surface area contributed by atoms with Crippen molar-refractivity contribution in [1.82, 2.24) is 5.32 Å². The van der Waals surface area contributed by atoms with Crippen LogP contribution in [0.2, 0.25) is 0 Å². The Bertz CT molecular complexity index is 741. The molecular weight excluding hydrogens is 328 g/mol. The molecule has 0 saturated heterocycles. The lowest BCUT2D eigenvalue weighted by Crippen LogP contribution is -2.34. The summed E-state index contributed by atoms with van der Waals surface area (Å²) in [5, 5.41) is 2.89. The molecule has 0 fully saturated rings. The van der Waals surface area contributed by atoms with Gasteiger partial charge in [0, 0.05) is 32.1 Å². The normalized spacial score (nSPS) is 10.3. The summed E-state index contributed by atoms with van der Waals surface area (Å²) in [4.78, 5) is 25.9. The van der Waals surface area contributed by atoms with Gasteiger partial charge >= 0.3 is 0 Å². The van der Waals surface area contributed by atoms with Gasteiger partial charge in [0.15, 0.2) is 0 Å². The second-order valence-electron chi connectivity index (χ2n) is 6.03. The van der Waals surface area contributed by atoms with E-state index in [0.717, 1.165) is 29.0 Å². The third kappa shape index (κ3) is 5.34. The first-order chi connectivity index (χ1) is 12.5. The van der Waals surface area contributed by atoms with Crippen molar-refractivity contribution in [2.75, 3.05) is 18.6 Å². The summed E-state index contributed by atoms with van der Waals surface area (Å²) in [6, 6.07) is 15.4. The summed E-state index contributed by atoms with van der Waals surface area (Å²) in [5.74, 6) is 0.640. The first kappa shape index (κ1) is 19.5. The van der Waals surface area contributed by atoms with Crippen LogP contribution in [0.15, 0.2) is 48.5 Å². The third-order valence-corrected chi connectivity index (χ3v) is 4.25. The molecule has 0 spiro atoms. The van der Waals surface area contributed by atoms with Gasteiger partial charge in [0.1, 0.15) is 5.75 Å². The topological polar surface area (TPSA) is 58.6 Å². The van der Waals surface area contributed by atoms with Gasteiger partial charge in [-0.2, -0.15) is 0 Å². The quantitative estimate of drug-likeness (QED) is 0.791. The maximum Gasteiger partial charge on any atom is 0.223 e. The lowest BCUT2D eigenvalue weighted by Gasteiger charge is -2.23. The van der Waals surface area contributed by atoms with Gasteiger partial charge in [-0.25, -0.2) is 0 Å². The fourth-order valence-electron chi connectivity index (χ4n) is 2.77. The van der Waals surface area contributed by atoms with Crippen LogP contribution < -0.4 is 15.0 Å². The van der Waals surface area contributed by atoms with Crippen molar-refractivity contribution in [2.24, 2.45) is 0 Å². The highest BCUT2D eigenvalue weighted by molar-refractivity contribution is 5.93. The highest BCUT2D eigenvalue weighted by Crippen LogP contribution is 2.21. The molecule has 0 bridgehead atoms. The van der Waals surface area contributed by atoms with Crippen molar-refractivity contribution in [3.63, 3.8) is 0 Å². The van der Waals surface area contributed by atoms with Crippen LogP contribution in [0.25, 0.3) is 0 Å². The number of carbonyl (C=O) groups excluding carboxylic acids is 2. The standard InChI is InChI=1S/C21H26N2O3/c1-4-18-7-5-6-8-20(18)23(16(2)24)14-13-21(25)22-15-17-9-11-19(26-3)12-10-17/h5-12H,4,13-15H2,1-3H3,(H,22,25). The Morgan fingerprint density at radius 1 is 1.08 bits per heavy atom. The molecule has 2 rings (SSSR count). The van der Waals surface area contributed by atoms with Gasteiger partial charge in [-0.1, -0.05) is 37.3 Å². The molecule has 0 radical (unpaired) electrons. The molecule has 2 amide bonds. The summed E-state index contributed by atoms with van der Waals surface area (Å²) in [7, 11) is 1.62. The molecule has 138 valence electrons. The number of hydrogen-bond donors (Lipinski definition) is 1. The van der Waals surface area contributed by atoms with E-state index >= 15 is 0 Å². The highest BCUT2D eigenvalue weighted by atomic mass is 16.5. The van der Waals surface area contributed by atoms with Crippen LogP contribution in [0, 0.1) is 0 Å². The van der Waals surface area contributed by atoms with Gasteiger partial charge in [-0.15, -0.1) is 0 Å². The average molecular weight is 354 g/mol. The zero-order valence-electron chi connectivity index (χ0n) is 15.6. The van der Waals surface area contributed by atoms with Crippen LogP contribution in [0.1, 0.15) is 31.4 Å². The van der Waals surface area contributed by atoms with Crippen LogP contribution in [0.4, 0.5) is 5.69 Å². The van der Waals surface area contributed by atoms with E-state index < -0.39 is 0 Å². The molecule has 0 saturated carbocycles. The van der Waals surface area contributed by atoms with E-state index in [-0.39, 0.29) is 18.2 Å². The molecule has 2 aromatic carbocycles. The Kier molecular flexibility index (Phi) is 7.21. The smallest absolute Gasteiger partial charge is 0.223 e. The number of aryl methyl sites for hydroxylation is 1. The molecule has 0 aliphatic carbocycles. The van der Waals surface area contributed by atoms with E-state index in [1.165, 1.54) is 6.92 Å². The Labute approximate surface area is 155 Å². The van der Waals surface area contributed by atoms with Crippen LogP contribution in [-0.2, 0) is 22.6 Å². The second kappa shape index (κ2) is 9.61. The SMILES string of the molecule is CCc1ccccc1N(CCC(=O)NCc1ccc(OC)cc1)C(C)=O. The number of anilines is 1. The van der Waals surface area contributed by atoms with Crippen molar-refractivity contribution >= 4 is 17.5 Å². The van der Waals surface area contributed by atoms with Gasteiger partial charge < -0.3 is 15.0 Å². The Balaban J connectivity index is 1.91. The maximum absolute atomic E-state index is 12.2. The molecule has 0 heterocycles. The van der Waals surface area contributed by atoms with Crippen LogP contribution in [-0.4, -0.2) is 25.5 Å². The second-order valence-corrected chi connectivity index (χ2v) is 6.03. The van der Waals surface area contributed by atoms with E-state index in [1.54, 1.807) is 12.0 Å². The molecule has 0 aromatic heterocycles. The average Bonchev–Trinajstić information content (AvgIpc) is 2.67. The summed E-state index contributed by atoms with van der Waals surface area (Å²) < 4.78 is 5.12. The zero-order valence-corrected chi connectivity index (χ0v) is 15.6. The Hall–Kier alpha value is -2.82. The zero-order chi connectivity index (χ0) is 18.9. The minimum atomic E-state index is -0.0824. The fourth-order valence-corrected chi connectivity index (χ4v) is 2.77. The molecule has 5 heteroatoms. The van der Waals surface area contributed by atoms with Crippen molar-refractivity contribution in [2.45, 2.75) is 33.2 Å². The van der Waals surface area contributed by atoms with E-state index in [1.807, 2.05) is 48.5 Å². The molecule has 0 aliphatic rings. The summed E-state index contributed by atoms with van der Waals surface area (Å²) in [6.45, 7) is 4.40. The number of amides is 2. The summed E-state index contributed by atoms with van der Waals surface area (Å²) in [5.41, 5.74) is 2.98. The van der Waals surface area contributed by atoms with E-state index in [2.05, 4.69) is 12.2 Å². The van der Waals surface area contributed by atoms with Gasteiger partial charge in [-0.05, 0) is 35.7 Å². The lowest BCUT2D eigenvalue weighted by atomic mass is 10.1. The molecule has 1 N–H and O–H groups in total.